The normalized spacial score (nSPS) is 28.8. The van der Waals surface area contributed by atoms with Gasteiger partial charge in [-0.2, -0.15) is 0 Å². The molecule has 9 nitrogen and oxygen atoms in total. The Kier molecular flexibility index (Phi) is 9.76. The van der Waals surface area contributed by atoms with E-state index in [1.807, 2.05) is 45.0 Å². The maximum Gasteiger partial charge on any atom is 0.253 e. The van der Waals surface area contributed by atoms with E-state index in [0.717, 1.165) is 18.8 Å². The zero-order valence-corrected chi connectivity index (χ0v) is 26.8. The topological polar surface area (TPSA) is 93.6 Å². The number of nitrogens with zero attached hydrogens (tertiary/aromatic N) is 4. The van der Waals surface area contributed by atoms with Crippen molar-refractivity contribution >= 4 is 29.1 Å². The lowest BCUT2D eigenvalue weighted by atomic mass is 9.66. The number of ether oxygens (including phenoxy) is 1. The Morgan fingerprint density at radius 1 is 1.07 bits per heavy atom. The molecule has 2 unspecified atom stereocenters. The van der Waals surface area contributed by atoms with E-state index in [9.17, 15) is 19.5 Å². The predicted octanol–water partition coefficient (Wildman–Crippen LogP) is 3.87. The molecule has 3 fully saturated rings. The second-order valence-electron chi connectivity index (χ2n) is 12.5. The van der Waals surface area contributed by atoms with Crippen LogP contribution in [0.1, 0.15) is 53.9 Å². The molecule has 0 saturated carbocycles. The van der Waals surface area contributed by atoms with Crippen LogP contribution in [0.5, 0.6) is 0 Å². The molecule has 4 rings (SSSR count). The van der Waals surface area contributed by atoms with Gasteiger partial charge in [-0.15, -0.1) is 13.2 Å². The summed E-state index contributed by atoms with van der Waals surface area (Å²) in [6.07, 6.45) is 5.07. The summed E-state index contributed by atoms with van der Waals surface area (Å²) >= 11 is 0. The van der Waals surface area contributed by atoms with E-state index in [0.29, 0.717) is 31.5 Å². The van der Waals surface area contributed by atoms with Crippen molar-refractivity contribution in [1.82, 2.24) is 9.80 Å². The minimum absolute atomic E-state index is 0.0777. The van der Waals surface area contributed by atoms with Gasteiger partial charge in [-0.3, -0.25) is 14.4 Å². The molecule has 0 aliphatic carbocycles. The largest absolute Gasteiger partial charge is 0.394 e. The van der Waals surface area contributed by atoms with Gasteiger partial charge >= 0.3 is 0 Å². The van der Waals surface area contributed by atoms with Crippen LogP contribution in [0.25, 0.3) is 0 Å². The average molecular weight is 595 g/mol. The predicted molar refractivity (Wildman–Crippen MR) is 170 cm³/mol. The van der Waals surface area contributed by atoms with Gasteiger partial charge in [-0.05, 0) is 63.8 Å². The van der Waals surface area contributed by atoms with Crippen LogP contribution in [0.3, 0.4) is 0 Å². The summed E-state index contributed by atoms with van der Waals surface area (Å²) in [5.74, 6) is -2.41. The van der Waals surface area contributed by atoms with Crippen LogP contribution in [-0.2, 0) is 19.1 Å². The number of aliphatic hydroxyl groups is 1. The van der Waals surface area contributed by atoms with Gasteiger partial charge in [0.2, 0.25) is 11.8 Å². The molecule has 7 atom stereocenters. The Hall–Kier alpha value is -3.17. The summed E-state index contributed by atoms with van der Waals surface area (Å²) in [6.45, 7) is 19.8. The van der Waals surface area contributed by atoms with Gasteiger partial charge in [0, 0.05) is 44.6 Å². The monoisotopic (exact) mass is 594 g/mol. The highest BCUT2D eigenvalue weighted by molar-refractivity contribution is 6.05. The summed E-state index contributed by atoms with van der Waals surface area (Å²) < 4.78 is 6.82. The number of rotatable bonds is 14. The Bertz CT molecular complexity index is 1220. The molecule has 3 aliphatic heterocycles. The van der Waals surface area contributed by atoms with Crippen LogP contribution >= 0.6 is 0 Å². The number of fused-ring (bicyclic) bond motifs is 1. The number of amides is 3. The molecule has 1 spiro atoms. The highest BCUT2D eigenvalue weighted by Gasteiger charge is 2.79. The number of carbonyl (C=O) groups is 3. The van der Waals surface area contributed by atoms with Gasteiger partial charge in [0.15, 0.2) is 0 Å². The van der Waals surface area contributed by atoms with Gasteiger partial charge in [0.25, 0.3) is 5.91 Å². The molecule has 3 saturated heterocycles. The van der Waals surface area contributed by atoms with Gasteiger partial charge in [0.05, 0.1) is 30.1 Å². The SMILES string of the molecule is C=CCN(C)C(=O)[C@@H]1[C@H]2C(=O)N([C@@H](CO)[C@@H](C)CC)C(C(=O)N(CC=C)c3ccc(N(CC)CC)cc3)C23CC[C@@]1(C)O3. The summed E-state index contributed by atoms with van der Waals surface area (Å²) in [5, 5.41) is 10.6. The van der Waals surface area contributed by atoms with Crippen LogP contribution in [0.15, 0.2) is 49.6 Å². The van der Waals surface area contributed by atoms with Crippen molar-refractivity contribution in [2.24, 2.45) is 17.8 Å². The van der Waals surface area contributed by atoms with Crippen molar-refractivity contribution < 1.29 is 24.2 Å². The lowest BCUT2D eigenvalue weighted by Gasteiger charge is -2.41. The molecule has 236 valence electrons. The van der Waals surface area contributed by atoms with Crippen LogP contribution in [0, 0.1) is 17.8 Å². The molecule has 2 bridgehead atoms. The third-order valence-corrected chi connectivity index (χ3v) is 10.2. The standard InChI is InChI=1S/C34H50N4O5/c1-9-20-35(8)30(40)27-28-31(41)38(26(22-39)23(6)11-3)29(34(28)19-18-33(27,7)43-34)32(42)37(21-10-2)25-16-14-24(15-17-25)36(12-4)13-5/h9-10,14-17,23,26-29,39H,1-2,11-13,18-22H2,3-8H3/t23-,26-,27-,28-,29?,33+,34?/m0/s1. The second kappa shape index (κ2) is 12.8. The minimum atomic E-state index is -1.18. The van der Waals surface area contributed by atoms with Crippen molar-refractivity contribution in [3.63, 3.8) is 0 Å². The molecular weight excluding hydrogens is 544 g/mol. The maximum absolute atomic E-state index is 14.9. The molecule has 43 heavy (non-hydrogen) atoms. The van der Waals surface area contributed by atoms with E-state index in [1.165, 1.54) is 0 Å². The molecule has 9 heteroatoms. The first-order valence-corrected chi connectivity index (χ1v) is 15.8. The highest BCUT2D eigenvalue weighted by atomic mass is 16.5. The van der Waals surface area contributed by atoms with E-state index in [4.69, 9.17) is 4.74 Å². The number of hydrogen-bond acceptors (Lipinski definition) is 6. The highest BCUT2D eigenvalue weighted by Crippen LogP contribution is 2.64. The minimum Gasteiger partial charge on any atom is -0.394 e. The van der Waals surface area contributed by atoms with E-state index in [1.54, 1.807) is 33.9 Å². The Labute approximate surface area is 257 Å². The lowest BCUT2D eigenvalue weighted by Crippen LogP contribution is -2.60. The first-order valence-electron chi connectivity index (χ1n) is 15.8. The smallest absolute Gasteiger partial charge is 0.253 e. The fourth-order valence-electron chi connectivity index (χ4n) is 7.74. The number of anilines is 2. The van der Waals surface area contributed by atoms with Gasteiger partial charge in [-0.1, -0.05) is 32.4 Å². The van der Waals surface area contributed by atoms with Gasteiger partial charge < -0.3 is 29.4 Å². The fraction of sp³-hybridized carbons (Fsp3) is 0.618. The molecule has 1 N–H and O–H groups in total. The second-order valence-corrected chi connectivity index (χ2v) is 12.5. The number of benzene rings is 1. The van der Waals surface area contributed by atoms with E-state index in [2.05, 4.69) is 31.9 Å². The Morgan fingerprint density at radius 2 is 1.67 bits per heavy atom. The fourth-order valence-corrected chi connectivity index (χ4v) is 7.74. The summed E-state index contributed by atoms with van der Waals surface area (Å²) in [7, 11) is 1.70. The van der Waals surface area contributed by atoms with Gasteiger partial charge in [0.1, 0.15) is 11.6 Å². The summed E-state index contributed by atoms with van der Waals surface area (Å²) in [4.78, 5) is 50.4. The van der Waals surface area contributed by atoms with Crippen molar-refractivity contribution in [2.75, 3.05) is 49.6 Å². The van der Waals surface area contributed by atoms with Crippen molar-refractivity contribution in [3.05, 3.63) is 49.6 Å². The zero-order valence-electron chi connectivity index (χ0n) is 26.8. The Morgan fingerprint density at radius 3 is 2.21 bits per heavy atom. The lowest BCUT2D eigenvalue weighted by molar-refractivity contribution is -0.152. The van der Waals surface area contributed by atoms with E-state index in [-0.39, 0.29) is 36.8 Å². The first-order chi connectivity index (χ1) is 20.5. The van der Waals surface area contributed by atoms with E-state index < -0.39 is 35.1 Å². The molecule has 3 amide bonds. The quantitative estimate of drug-likeness (QED) is 0.329. The third kappa shape index (κ3) is 5.29. The molecule has 3 aliphatic rings. The third-order valence-electron chi connectivity index (χ3n) is 10.2. The molecule has 3 heterocycles. The van der Waals surface area contributed by atoms with Crippen LogP contribution in [0.4, 0.5) is 11.4 Å². The number of likely N-dealkylation sites (N-methyl/N-ethyl adjacent to an activating group) is 1. The van der Waals surface area contributed by atoms with Crippen molar-refractivity contribution in [3.8, 4) is 0 Å². The molecule has 1 aromatic carbocycles. The van der Waals surface area contributed by atoms with Gasteiger partial charge in [-0.25, -0.2) is 0 Å². The van der Waals surface area contributed by atoms with Crippen LogP contribution in [-0.4, -0.2) is 95.7 Å². The number of hydrogen-bond donors (Lipinski definition) is 1. The zero-order chi connectivity index (χ0) is 31.7. The Balaban J connectivity index is 1.83. The molecule has 0 aromatic heterocycles. The van der Waals surface area contributed by atoms with E-state index >= 15 is 0 Å². The van der Waals surface area contributed by atoms with Crippen LogP contribution in [0.2, 0.25) is 0 Å². The van der Waals surface area contributed by atoms with Crippen molar-refractivity contribution in [2.45, 2.75) is 77.2 Å². The maximum atomic E-state index is 14.9. The number of aliphatic hydroxyl groups excluding tert-OH is 1. The molecule has 0 radical (unpaired) electrons. The number of likely N-dealkylation sites (tertiary alicyclic amines) is 1. The summed E-state index contributed by atoms with van der Waals surface area (Å²) in [6, 6.07) is 6.26. The van der Waals surface area contributed by atoms with Crippen LogP contribution < -0.4 is 9.80 Å². The molecular formula is C34H50N4O5. The van der Waals surface area contributed by atoms with Crippen molar-refractivity contribution in [1.29, 1.82) is 0 Å². The summed E-state index contributed by atoms with van der Waals surface area (Å²) in [5.41, 5.74) is -0.310. The number of carbonyl (C=O) groups excluding carboxylic acids is 3. The first kappa shape index (κ1) is 32.7. The average Bonchev–Trinajstić information content (AvgIpc) is 3.57. The molecule has 1 aromatic rings.